The number of likely N-dealkylation sites (N-methyl/N-ethyl adjacent to an activating group) is 1. The molecule has 1 amide bonds. The van der Waals surface area contributed by atoms with Crippen molar-refractivity contribution in [2.45, 2.75) is 0 Å². The van der Waals surface area contributed by atoms with E-state index in [1.54, 1.807) is 11.6 Å². The largest absolute Gasteiger partial charge is 0.372 e. The highest BCUT2D eigenvalue weighted by Crippen LogP contribution is 2.27. The molecule has 0 aliphatic rings. The van der Waals surface area contributed by atoms with Gasteiger partial charge in [0.05, 0.1) is 6.54 Å². The van der Waals surface area contributed by atoms with E-state index in [0.717, 1.165) is 0 Å². The average molecular weight is 255 g/mol. The molecule has 0 bridgehead atoms. The van der Waals surface area contributed by atoms with Crippen LogP contribution in [-0.2, 0) is 4.79 Å². The smallest absolute Gasteiger partial charge is 0.358 e. The third kappa shape index (κ3) is 2.04. The molecular weight excluding hydrogens is 246 g/mol. The van der Waals surface area contributed by atoms with Crippen molar-refractivity contribution in [3.8, 4) is 0 Å². The number of rotatable bonds is 4. The molecule has 2 heterocycles. The van der Waals surface area contributed by atoms with Crippen LogP contribution in [0, 0.1) is 10.1 Å². The highest BCUT2D eigenvalue weighted by molar-refractivity contribution is 7.15. The van der Waals surface area contributed by atoms with Gasteiger partial charge >= 0.3 is 5.82 Å². The van der Waals surface area contributed by atoms with E-state index >= 15 is 0 Å². The fourth-order valence-corrected chi connectivity index (χ4v) is 2.03. The Bertz CT molecular complexity index is 575. The summed E-state index contributed by atoms with van der Waals surface area (Å²) >= 11 is 1.29. The van der Waals surface area contributed by atoms with Crippen LogP contribution in [0.5, 0.6) is 0 Å². The maximum Gasteiger partial charge on any atom is 0.372 e. The Labute approximate surface area is 99.4 Å². The Kier molecular flexibility index (Phi) is 2.91. The van der Waals surface area contributed by atoms with E-state index in [1.165, 1.54) is 22.8 Å². The van der Waals surface area contributed by atoms with Crippen molar-refractivity contribution in [1.29, 1.82) is 0 Å². The van der Waals surface area contributed by atoms with E-state index < -0.39 is 4.92 Å². The number of anilines is 1. The maximum absolute atomic E-state index is 11.0. The van der Waals surface area contributed by atoms with Crippen molar-refractivity contribution < 1.29 is 9.72 Å². The molecule has 90 valence electrons. The van der Waals surface area contributed by atoms with Crippen molar-refractivity contribution in [2.75, 3.05) is 18.9 Å². The Balaban J connectivity index is 2.32. The first-order chi connectivity index (χ1) is 8.13. The molecule has 2 aromatic rings. The van der Waals surface area contributed by atoms with Gasteiger partial charge in [0.15, 0.2) is 0 Å². The van der Waals surface area contributed by atoms with E-state index in [-0.39, 0.29) is 24.1 Å². The summed E-state index contributed by atoms with van der Waals surface area (Å²) in [4.78, 5) is 26.0. The number of fused-ring (bicyclic) bond motifs is 1. The normalized spacial score (nSPS) is 10.4. The van der Waals surface area contributed by atoms with Gasteiger partial charge < -0.3 is 20.7 Å². The zero-order valence-electron chi connectivity index (χ0n) is 8.84. The molecule has 9 heteroatoms. The molecule has 0 unspecified atom stereocenters. The summed E-state index contributed by atoms with van der Waals surface area (Å²) in [6, 6.07) is 0. The number of amides is 1. The molecule has 0 aliphatic heterocycles. The number of hydrogen-bond acceptors (Lipinski definition) is 6. The molecule has 8 nitrogen and oxygen atoms in total. The van der Waals surface area contributed by atoms with E-state index in [4.69, 9.17) is 0 Å². The van der Waals surface area contributed by atoms with Gasteiger partial charge in [-0.1, -0.05) is 11.3 Å². The van der Waals surface area contributed by atoms with Crippen LogP contribution in [0.15, 0.2) is 11.6 Å². The van der Waals surface area contributed by atoms with Gasteiger partial charge in [-0.05, 0) is 4.92 Å². The second kappa shape index (κ2) is 4.37. The van der Waals surface area contributed by atoms with Gasteiger partial charge in [-0.15, -0.1) is 0 Å². The molecule has 0 fully saturated rings. The molecule has 2 N–H and O–H groups in total. The van der Waals surface area contributed by atoms with Crippen LogP contribution in [0.1, 0.15) is 0 Å². The highest BCUT2D eigenvalue weighted by atomic mass is 32.1. The summed E-state index contributed by atoms with van der Waals surface area (Å²) in [7, 11) is 1.49. The van der Waals surface area contributed by atoms with Gasteiger partial charge in [0.2, 0.25) is 11.7 Å². The maximum atomic E-state index is 11.0. The first-order valence-corrected chi connectivity index (χ1v) is 5.56. The van der Waals surface area contributed by atoms with Crippen LogP contribution in [0.3, 0.4) is 0 Å². The summed E-state index contributed by atoms with van der Waals surface area (Å²) in [5.41, 5.74) is 0. The zero-order valence-corrected chi connectivity index (χ0v) is 9.65. The van der Waals surface area contributed by atoms with Crippen LogP contribution < -0.4 is 10.6 Å². The Hall–Kier alpha value is -2.16. The molecule has 0 saturated carbocycles. The molecular formula is C8H9N5O3S. The molecule has 0 saturated heterocycles. The molecule has 0 spiro atoms. The average Bonchev–Trinajstić information content (AvgIpc) is 2.84. The Morgan fingerprint density at radius 1 is 1.71 bits per heavy atom. The lowest BCUT2D eigenvalue weighted by Gasteiger charge is -2.01. The molecule has 0 aliphatic carbocycles. The number of hydrogen-bond donors (Lipinski definition) is 2. The Morgan fingerprint density at radius 3 is 3.12 bits per heavy atom. The number of nitrogens with zero attached hydrogens (tertiary/aromatic N) is 3. The third-order valence-corrected chi connectivity index (χ3v) is 2.86. The van der Waals surface area contributed by atoms with Crippen molar-refractivity contribution >= 4 is 33.8 Å². The number of thiazole rings is 1. The van der Waals surface area contributed by atoms with Crippen LogP contribution in [0.2, 0.25) is 0 Å². The fourth-order valence-electron chi connectivity index (χ4n) is 1.32. The lowest BCUT2D eigenvalue weighted by molar-refractivity contribution is -0.389. The summed E-state index contributed by atoms with van der Waals surface area (Å²) in [6.45, 7) is -0.0534. The quantitative estimate of drug-likeness (QED) is 0.610. The van der Waals surface area contributed by atoms with Crippen molar-refractivity contribution in [2.24, 2.45) is 0 Å². The number of carbonyl (C=O) groups is 1. The summed E-state index contributed by atoms with van der Waals surface area (Å²) < 4.78 is 1.37. The molecule has 0 atom stereocenters. The fraction of sp³-hybridized carbons (Fsp3) is 0.250. The lowest BCUT2D eigenvalue weighted by atomic mass is 10.5. The monoisotopic (exact) mass is 255 g/mol. The van der Waals surface area contributed by atoms with Crippen molar-refractivity contribution in [1.82, 2.24) is 14.7 Å². The van der Waals surface area contributed by atoms with Gasteiger partial charge in [0, 0.05) is 12.4 Å². The molecule has 0 aromatic carbocycles. The molecule has 2 rings (SSSR count). The second-order valence-electron chi connectivity index (χ2n) is 3.12. The van der Waals surface area contributed by atoms with Crippen LogP contribution >= 0.6 is 11.3 Å². The van der Waals surface area contributed by atoms with Gasteiger partial charge in [0.1, 0.15) is 6.20 Å². The number of carbonyl (C=O) groups excluding carboxylic acids is 1. The van der Waals surface area contributed by atoms with Crippen LogP contribution in [0.25, 0.3) is 4.96 Å². The minimum Gasteiger partial charge on any atom is -0.358 e. The van der Waals surface area contributed by atoms with Crippen LogP contribution in [-0.4, -0.2) is 33.8 Å². The molecule has 2 aromatic heterocycles. The highest BCUT2D eigenvalue weighted by Gasteiger charge is 2.23. The number of nitro groups is 1. The SMILES string of the molecule is CNC(=O)CNc1nc2sccn2c1[N+](=O)[O-]. The van der Waals surface area contributed by atoms with E-state index in [9.17, 15) is 14.9 Å². The number of aromatic nitrogens is 2. The predicted octanol–water partition coefficient (Wildman–Crippen LogP) is 0.462. The standard InChI is InChI=1S/C8H9N5O3S/c1-9-5(14)4-10-6-7(13(15)16)12-2-3-17-8(12)11-6/h2-3,10H,4H2,1H3,(H,9,14). The van der Waals surface area contributed by atoms with E-state index in [1.807, 2.05) is 0 Å². The minimum absolute atomic E-state index is 0.0534. The van der Waals surface area contributed by atoms with Gasteiger partial charge in [-0.2, -0.15) is 9.38 Å². The topological polar surface area (TPSA) is 102 Å². The van der Waals surface area contributed by atoms with Gasteiger partial charge in [-0.25, -0.2) is 0 Å². The molecule has 0 radical (unpaired) electrons. The number of nitrogens with one attached hydrogen (secondary N) is 2. The molecule has 17 heavy (non-hydrogen) atoms. The lowest BCUT2D eigenvalue weighted by Crippen LogP contribution is -2.26. The van der Waals surface area contributed by atoms with Crippen molar-refractivity contribution in [3.63, 3.8) is 0 Å². The van der Waals surface area contributed by atoms with Gasteiger partial charge in [-0.3, -0.25) is 4.79 Å². The summed E-state index contributed by atoms with van der Waals surface area (Å²) in [6.07, 6.45) is 1.57. The first kappa shape index (κ1) is 11.3. The zero-order chi connectivity index (χ0) is 12.4. The van der Waals surface area contributed by atoms with Gasteiger partial charge in [0.25, 0.3) is 4.96 Å². The first-order valence-electron chi connectivity index (χ1n) is 4.68. The van der Waals surface area contributed by atoms with E-state index in [0.29, 0.717) is 4.96 Å². The number of imidazole rings is 1. The van der Waals surface area contributed by atoms with Crippen LogP contribution in [0.4, 0.5) is 11.6 Å². The second-order valence-corrected chi connectivity index (χ2v) is 4.00. The Morgan fingerprint density at radius 2 is 2.47 bits per heavy atom. The van der Waals surface area contributed by atoms with Crippen molar-refractivity contribution in [3.05, 3.63) is 21.7 Å². The van der Waals surface area contributed by atoms with E-state index in [2.05, 4.69) is 15.6 Å². The minimum atomic E-state index is -0.529. The summed E-state index contributed by atoms with van der Waals surface area (Å²) in [5.74, 6) is -0.328. The third-order valence-electron chi connectivity index (χ3n) is 2.11. The summed E-state index contributed by atoms with van der Waals surface area (Å²) in [5, 5.41) is 17.7. The predicted molar refractivity (Wildman–Crippen MR) is 62.3 cm³/mol.